The SMILES string of the molecule is Cc1c(C(NC(=O)OCc2ccccc2)C(=O)O)cc(-c2ccc(S(C)(=O)=O)cc2)n1-c1cccc(F)c1. The highest BCUT2D eigenvalue weighted by molar-refractivity contribution is 7.90. The van der Waals surface area contributed by atoms with Crippen molar-refractivity contribution in [3.63, 3.8) is 0 Å². The number of carboxylic acid groups (broad SMARTS) is 1. The number of hydrogen-bond acceptors (Lipinski definition) is 5. The summed E-state index contributed by atoms with van der Waals surface area (Å²) in [5, 5.41) is 12.4. The van der Waals surface area contributed by atoms with Crippen molar-refractivity contribution in [3.8, 4) is 16.9 Å². The summed E-state index contributed by atoms with van der Waals surface area (Å²) in [7, 11) is -3.43. The van der Waals surface area contributed by atoms with E-state index in [1.807, 2.05) is 6.07 Å². The fraction of sp³-hybridized carbons (Fsp3) is 0.143. The molecule has 1 amide bonds. The van der Waals surface area contributed by atoms with Crippen molar-refractivity contribution >= 4 is 21.9 Å². The van der Waals surface area contributed by atoms with Crippen molar-refractivity contribution in [2.24, 2.45) is 0 Å². The largest absolute Gasteiger partial charge is 0.479 e. The molecule has 0 aliphatic carbocycles. The van der Waals surface area contributed by atoms with Crippen LogP contribution in [0.2, 0.25) is 0 Å². The second kappa shape index (κ2) is 10.9. The van der Waals surface area contributed by atoms with Gasteiger partial charge in [0.15, 0.2) is 15.9 Å². The summed E-state index contributed by atoms with van der Waals surface area (Å²) in [5.41, 5.74) is 2.89. The van der Waals surface area contributed by atoms with Gasteiger partial charge in [0.2, 0.25) is 0 Å². The van der Waals surface area contributed by atoms with Crippen LogP contribution in [-0.4, -0.2) is 36.4 Å². The van der Waals surface area contributed by atoms with Gasteiger partial charge in [-0.25, -0.2) is 22.4 Å². The minimum absolute atomic E-state index is 0.0414. The lowest BCUT2D eigenvalue weighted by Crippen LogP contribution is -2.34. The van der Waals surface area contributed by atoms with Crippen LogP contribution < -0.4 is 5.32 Å². The topological polar surface area (TPSA) is 115 Å². The summed E-state index contributed by atoms with van der Waals surface area (Å²) in [6, 6.07) is 20.9. The molecule has 4 rings (SSSR count). The van der Waals surface area contributed by atoms with Gasteiger partial charge in [-0.1, -0.05) is 48.5 Å². The first-order valence-corrected chi connectivity index (χ1v) is 13.4. The van der Waals surface area contributed by atoms with Gasteiger partial charge in [0.25, 0.3) is 0 Å². The highest BCUT2D eigenvalue weighted by atomic mass is 32.2. The minimum atomic E-state index is -3.43. The maximum absolute atomic E-state index is 14.1. The van der Waals surface area contributed by atoms with Crippen LogP contribution in [0.3, 0.4) is 0 Å². The lowest BCUT2D eigenvalue weighted by atomic mass is 10.1. The third kappa shape index (κ3) is 5.92. The first kappa shape index (κ1) is 26.6. The van der Waals surface area contributed by atoms with E-state index in [-0.39, 0.29) is 17.1 Å². The number of aliphatic carboxylic acids is 1. The molecule has 38 heavy (non-hydrogen) atoms. The van der Waals surface area contributed by atoms with Gasteiger partial charge < -0.3 is 19.7 Å². The van der Waals surface area contributed by atoms with Crippen molar-refractivity contribution < 1.29 is 32.2 Å². The number of carboxylic acids is 1. The Bertz CT molecular complexity index is 1580. The summed E-state index contributed by atoms with van der Waals surface area (Å²) >= 11 is 0. The van der Waals surface area contributed by atoms with E-state index in [1.165, 1.54) is 30.3 Å². The fourth-order valence-corrected chi connectivity index (χ4v) is 4.74. The quantitative estimate of drug-likeness (QED) is 0.326. The van der Waals surface area contributed by atoms with Crippen molar-refractivity contribution in [1.82, 2.24) is 9.88 Å². The van der Waals surface area contributed by atoms with Crippen molar-refractivity contribution in [2.45, 2.75) is 24.5 Å². The van der Waals surface area contributed by atoms with Gasteiger partial charge in [-0.2, -0.15) is 0 Å². The lowest BCUT2D eigenvalue weighted by Gasteiger charge is -2.16. The number of benzene rings is 3. The predicted molar refractivity (Wildman–Crippen MR) is 139 cm³/mol. The molecule has 8 nitrogen and oxygen atoms in total. The van der Waals surface area contributed by atoms with E-state index in [9.17, 15) is 27.5 Å². The summed E-state index contributed by atoms with van der Waals surface area (Å²) in [6.07, 6.45) is 0.179. The Kier molecular flexibility index (Phi) is 7.63. The number of nitrogens with one attached hydrogen (secondary N) is 1. The lowest BCUT2D eigenvalue weighted by molar-refractivity contribution is -0.139. The zero-order valence-corrected chi connectivity index (χ0v) is 21.4. The number of aromatic nitrogens is 1. The molecule has 0 radical (unpaired) electrons. The Morgan fingerprint density at radius 2 is 1.68 bits per heavy atom. The third-order valence-corrected chi connectivity index (χ3v) is 7.09. The maximum Gasteiger partial charge on any atom is 0.408 e. The molecule has 2 N–H and O–H groups in total. The number of alkyl carbamates (subject to hydrolysis) is 1. The zero-order valence-electron chi connectivity index (χ0n) is 20.6. The molecule has 0 saturated carbocycles. The molecule has 1 aromatic heterocycles. The molecule has 0 aliphatic heterocycles. The maximum atomic E-state index is 14.1. The summed E-state index contributed by atoms with van der Waals surface area (Å²) in [6.45, 7) is 1.61. The van der Waals surface area contributed by atoms with E-state index in [0.717, 1.165) is 11.8 Å². The Balaban J connectivity index is 1.74. The van der Waals surface area contributed by atoms with E-state index < -0.39 is 33.8 Å². The van der Waals surface area contributed by atoms with Gasteiger partial charge in [-0.05, 0) is 54.4 Å². The van der Waals surface area contributed by atoms with Crippen LogP contribution in [0.15, 0.2) is 89.8 Å². The fourth-order valence-electron chi connectivity index (χ4n) is 4.11. The number of nitrogens with zero attached hydrogens (tertiary/aromatic N) is 1. The van der Waals surface area contributed by atoms with Gasteiger partial charge in [-0.15, -0.1) is 0 Å². The smallest absolute Gasteiger partial charge is 0.408 e. The van der Waals surface area contributed by atoms with Crippen molar-refractivity contribution in [2.75, 3.05) is 6.26 Å². The van der Waals surface area contributed by atoms with Gasteiger partial charge in [-0.3, -0.25) is 0 Å². The highest BCUT2D eigenvalue weighted by Gasteiger charge is 2.29. The zero-order chi connectivity index (χ0) is 27.4. The number of hydrogen-bond donors (Lipinski definition) is 2. The molecular formula is C28H25FN2O6S. The van der Waals surface area contributed by atoms with Crippen LogP contribution in [0.4, 0.5) is 9.18 Å². The molecular weight excluding hydrogens is 511 g/mol. The first-order chi connectivity index (χ1) is 18.0. The average Bonchev–Trinajstić information content (AvgIpc) is 3.22. The molecule has 0 aliphatic rings. The number of halogens is 1. The van der Waals surface area contributed by atoms with Crippen LogP contribution >= 0.6 is 0 Å². The molecule has 4 aromatic rings. The molecule has 0 spiro atoms. The molecule has 0 fully saturated rings. The Morgan fingerprint density at radius 3 is 2.29 bits per heavy atom. The number of ether oxygens (including phenoxy) is 1. The van der Waals surface area contributed by atoms with Crippen LogP contribution in [0.5, 0.6) is 0 Å². The third-order valence-electron chi connectivity index (χ3n) is 5.96. The van der Waals surface area contributed by atoms with E-state index in [2.05, 4.69) is 5.32 Å². The standard InChI is InChI=1S/C28H25FN2O6S/c1-18-24(26(27(32)33)30-28(34)37-17-19-7-4-3-5-8-19)16-25(31(18)22-10-6-9-21(29)15-22)20-11-13-23(14-12-20)38(2,35)36/h3-16,26H,17H2,1-2H3,(H,30,34)(H,32,33). The second-order valence-corrected chi connectivity index (χ2v) is 10.7. The Hall–Kier alpha value is -4.44. The molecule has 0 saturated heterocycles. The molecule has 1 atom stereocenters. The highest BCUT2D eigenvalue weighted by Crippen LogP contribution is 2.33. The summed E-state index contributed by atoms with van der Waals surface area (Å²) in [4.78, 5) is 24.9. The van der Waals surface area contributed by atoms with Crippen molar-refractivity contribution in [1.29, 1.82) is 0 Å². The Labute approximate surface area is 219 Å². The second-order valence-electron chi connectivity index (χ2n) is 8.66. The van der Waals surface area contributed by atoms with Gasteiger partial charge in [0, 0.05) is 23.2 Å². The van der Waals surface area contributed by atoms with Crippen LogP contribution in [0.1, 0.15) is 22.9 Å². The van der Waals surface area contributed by atoms with Crippen LogP contribution in [0, 0.1) is 12.7 Å². The van der Waals surface area contributed by atoms with E-state index in [1.54, 1.807) is 60.0 Å². The molecule has 1 unspecified atom stereocenters. The predicted octanol–water partition coefficient (Wildman–Crippen LogP) is 5.05. The molecule has 1 heterocycles. The van der Waals surface area contributed by atoms with Crippen LogP contribution in [-0.2, 0) is 26.0 Å². The number of sulfone groups is 1. The molecule has 3 aromatic carbocycles. The van der Waals surface area contributed by atoms with E-state index in [4.69, 9.17) is 4.74 Å². The monoisotopic (exact) mass is 536 g/mol. The number of carbonyl (C=O) groups excluding carboxylic acids is 1. The normalized spacial score (nSPS) is 12.1. The van der Waals surface area contributed by atoms with Crippen LogP contribution in [0.25, 0.3) is 16.9 Å². The first-order valence-electron chi connectivity index (χ1n) is 11.5. The van der Waals surface area contributed by atoms with Gasteiger partial charge in [0.05, 0.1) is 10.6 Å². The van der Waals surface area contributed by atoms with Gasteiger partial charge >= 0.3 is 12.1 Å². The van der Waals surface area contributed by atoms with Crippen molar-refractivity contribution in [3.05, 3.63) is 108 Å². The van der Waals surface area contributed by atoms with E-state index >= 15 is 0 Å². The number of carbonyl (C=O) groups is 2. The number of amides is 1. The average molecular weight is 537 g/mol. The molecule has 10 heteroatoms. The molecule has 0 bridgehead atoms. The van der Waals surface area contributed by atoms with E-state index in [0.29, 0.717) is 22.6 Å². The Morgan fingerprint density at radius 1 is 1.00 bits per heavy atom. The minimum Gasteiger partial charge on any atom is -0.479 e. The molecule has 196 valence electrons. The number of rotatable bonds is 8. The van der Waals surface area contributed by atoms with Gasteiger partial charge in [0.1, 0.15) is 12.4 Å². The summed E-state index contributed by atoms with van der Waals surface area (Å²) in [5.74, 6) is -1.81. The summed E-state index contributed by atoms with van der Waals surface area (Å²) < 4.78 is 44.8.